The molecule has 216 valence electrons. The molecule has 0 unspecified atom stereocenters. The Kier molecular flexibility index (Phi) is 7.16. The molecular formula is C36H46N3O2+. The highest BCUT2D eigenvalue weighted by Crippen LogP contribution is 2.57. The van der Waals surface area contributed by atoms with Crippen molar-refractivity contribution in [1.29, 1.82) is 0 Å². The fourth-order valence-electron chi connectivity index (χ4n) is 7.17. The monoisotopic (exact) mass is 552 g/mol. The fourth-order valence-corrected chi connectivity index (χ4v) is 7.17. The van der Waals surface area contributed by atoms with Gasteiger partial charge in [0.2, 0.25) is 5.69 Å². The van der Waals surface area contributed by atoms with Gasteiger partial charge in [-0.3, -0.25) is 4.99 Å². The minimum atomic E-state index is -0.889. The largest absolute Gasteiger partial charge is 0.478 e. The molecule has 0 saturated carbocycles. The number of nitrogens with zero attached hydrogens (tertiary/aromatic N) is 3. The zero-order valence-electron chi connectivity index (χ0n) is 26.4. The molecule has 2 aromatic carbocycles. The lowest BCUT2D eigenvalue weighted by atomic mass is 9.75. The Morgan fingerprint density at radius 2 is 1.71 bits per heavy atom. The molecule has 0 aromatic heterocycles. The van der Waals surface area contributed by atoms with E-state index in [1.165, 1.54) is 22.7 Å². The SMILES string of the molecule is CCCC[N+]1=C(/C=C/C=C2/N(CCC)c3cc(C(=O)O)c4c(c3C2(C)C)N=C(C)C4(C)C)C(C)(C)c2ccccc21. The number of carbonyl (C=O) groups is 1. The van der Waals surface area contributed by atoms with E-state index in [1.807, 2.05) is 13.0 Å². The summed E-state index contributed by atoms with van der Waals surface area (Å²) in [6, 6.07) is 10.7. The van der Waals surface area contributed by atoms with Crippen molar-refractivity contribution in [2.24, 2.45) is 4.99 Å². The lowest BCUT2D eigenvalue weighted by Gasteiger charge is -2.26. The summed E-state index contributed by atoms with van der Waals surface area (Å²) in [5.74, 6) is -0.889. The Labute approximate surface area is 246 Å². The van der Waals surface area contributed by atoms with Crippen molar-refractivity contribution >= 4 is 34.5 Å². The number of benzene rings is 2. The number of carboxylic acids is 1. The van der Waals surface area contributed by atoms with Crippen LogP contribution in [0.25, 0.3) is 0 Å². The van der Waals surface area contributed by atoms with Crippen LogP contribution in [0.5, 0.6) is 0 Å². The standard InChI is InChI=1S/C36H45N3O2/c1-10-12-21-39-26-17-14-13-16-25(26)35(6,7)28(39)18-15-19-29-36(8,9)31-27(38(29)20-11-2)22-24(33(40)41)30-32(31)37-23(3)34(30,4)5/h13-19,22H,10-12,20-21H2,1-9H3/p+1. The van der Waals surface area contributed by atoms with E-state index in [1.54, 1.807) is 0 Å². The third kappa shape index (κ3) is 4.31. The van der Waals surface area contributed by atoms with Crippen LogP contribution in [0.4, 0.5) is 17.1 Å². The summed E-state index contributed by atoms with van der Waals surface area (Å²) in [6.45, 7) is 21.6. The van der Waals surface area contributed by atoms with Gasteiger partial charge >= 0.3 is 5.97 Å². The second-order valence-electron chi connectivity index (χ2n) is 13.4. The van der Waals surface area contributed by atoms with Crippen molar-refractivity contribution in [3.63, 3.8) is 0 Å². The third-order valence-electron chi connectivity index (χ3n) is 9.66. The van der Waals surface area contributed by atoms with Gasteiger partial charge in [0.15, 0.2) is 5.71 Å². The Bertz CT molecular complexity index is 1550. The first-order valence-electron chi connectivity index (χ1n) is 15.2. The second-order valence-corrected chi connectivity index (χ2v) is 13.4. The number of rotatable bonds is 8. The molecular weight excluding hydrogens is 506 g/mol. The molecule has 3 heterocycles. The number of hydrogen-bond acceptors (Lipinski definition) is 3. The van der Waals surface area contributed by atoms with Gasteiger partial charge < -0.3 is 10.0 Å². The second kappa shape index (κ2) is 10.1. The number of aliphatic imine (C=N–C) groups is 1. The molecule has 3 aliphatic rings. The molecule has 0 amide bonds. The van der Waals surface area contributed by atoms with E-state index in [2.05, 4.69) is 107 Å². The van der Waals surface area contributed by atoms with E-state index in [4.69, 9.17) is 4.99 Å². The van der Waals surface area contributed by atoms with Crippen LogP contribution < -0.4 is 4.90 Å². The number of anilines is 1. The summed E-state index contributed by atoms with van der Waals surface area (Å²) >= 11 is 0. The minimum Gasteiger partial charge on any atom is -0.478 e. The first-order chi connectivity index (χ1) is 19.3. The maximum atomic E-state index is 12.5. The summed E-state index contributed by atoms with van der Waals surface area (Å²) in [6.07, 6.45) is 10.0. The number of aromatic carboxylic acids is 1. The van der Waals surface area contributed by atoms with Gasteiger partial charge in [-0.1, -0.05) is 72.2 Å². The van der Waals surface area contributed by atoms with Crippen LogP contribution in [-0.4, -0.2) is 40.2 Å². The summed E-state index contributed by atoms with van der Waals surface area (Å²) in [7, 11) is 0. The van der Waals surface area contributed by atoms with Crippen LogP contribution in [0.15, 0.2) is 59.2 Å². The summed E-state index contributed by atoms with van der Waals surface area (Å²) in [4.78, 5) is 19.9. The molecule has 0 aliphatic carbocycles. The van der Waals surface area contributed by atoms with E-state index in [0.29, 0.717) is 5.56 Å². The zero-order chi connectivity index (χ0) is 29.9. The molecule has 41 heavy (non-hydrogen) atoms. The molecule has 5 rings (SSSR count). The topological polar surface area (TPSA) is 55.9 Å². The Hall–Kier alpha value is -3.47. The number of para-hydroxylation sites is 1. The number of hydrogen-bond donors (Lipinski definition) is 1. The predicted octanol–water partition coefficient (Wildman–Crippen LogP) is 8.59. The molecule has 5 heteroatoms. The number of fused-ring (bicyclic) bond motifs is 4. The van der Waals surface area contributed by atoms with Gasteiger partial charge in [-0.25, -0.2) is 4.79 Å². The zero-order valence-corrected chi connectivity index (χ0v) is 26.4. The summed E-state index contributed by atoms with van der Waals surface area (Å²) in [5.41, 5.74) is 9.49. The lowest BCUT2D eigenvalue weighted by molar-refractivity contribution is -0.438. The maximum absolute atomic E-state index is 12.5. The van der Waals surface area contributed by atoms with Gasteiger partial charge in [-0.15, -0.1) is 0 Å². The first kappa shape index (κ1) is 29.0. The van der Waals surface area contributed by atoms with Crippen molar-refractivity contribution < 1.29 is 14.5 Å². The highest BCUT2D eigenvalue weighted by atomic mass is 16.4. The molecule has 3 aliphatic heterocycles. The lowest BCUT2D eigenvalue weighted by Crippen LogP contribution is -2.28. The number of unbranched alkanes of at least 4 members (excludes halogenated alkanes) is 1. The Morgan fingerprint density at radius 1 is 1.00 bits per heavy atom. The highest BCUT2D eigenvalue weighted by Gasteiger charge is 2.48. The van der Waals surface area contributed by atoms with E-state index < -0.39 is 11.4 Å². The van der Waals surface area contributed by atoms with Crippen molar-refractivity contribution in [2.45, 2.75) is 97.8 Å². The molecule has 0 saturated heterocycles. The van der Waals surface area contributed by atoms with Gasteiger partial charge in [0, 0.05) is 69.7 Å². The van der Waals surface area contributed by atoms with Crippen LogP contribution in [0.3, 0.4) is 0 Å². The van der Waals surface area contributed by atoms with Gasteiger partial charge in [0.25, 0.3) is 0 Å². The van der Waals surface area contributed by atoms with Crippen LogP contribution in [0.2, 0.25) is 0 Å². The van der Waals surface area contributed by atoms with Crippen molar-refractivity contribution in [3.8, 4) is 0 Å². The summed E-state index contributed by atoms with van der Waals surface area (Å²) in [5, 5.41) is 10.3. The van der Waals surface area contributed by atoms with Crippen molar-refractivity contribution in [1.82, 2.24) is 0 Å². The molecule has 0 fully saturated rings. The van der Waals surface area contributed by atoms with Gasteiger partial charge in [-0.05, 0) is 39.3 Å². The average Bonchev–Trinajstić information content (AvgIpc) is 3.37. The normalized spacial score (nSPS) is 20.6. The molecule has 5 nitrogen and oxygen atoms in total. The van der Waals surface area contributed by atoms with Crippen molar-refractivity contribution in [3.05, 3.63) is 76.5 Å². The van der Waals surface area contributed by atoms with Gasteiger partial charge in [0.1, 0.15) is 6.54 Å². The van der Waals surface area contributed by atoms with E-state index in [9.17, 15) is 9.90 Å². The predicted molar refractivity (Wildman–Crippen MR) is 171 cm³/mol. The summed E-state index contributed by atoms with van der Waals surface area (Å²) < 4.78 is 2.50. The maximum Gasteiger partial charge on any atom is 0.336 e. The fraction of sp³-hybridized carbons (Fsp3) is 0.472. The smallest absolute Gasteiger partial charge is 0.336 e. The average molecular weight is 553 g/mol. The van der Waals surface area contributed by atoms with Crippen LogP contribution >= 0.6 is 0 Å². The Balaban J connectivity index is 1.65. The minimum absolute atomic E-state index is 0.0916. The van der Waals surface area contributed by atoms with Crippen molar-refractivity contribution in [2.75, 3.05) is 18.0 Å². The highest BCUT2D eigenvalue weighted by molar-refractivity contribution is 6.07. The van der Waals surface area contributed by atoms with Gasteiger partial charge in [-0.2, -0.15) is 4.58 Å². The molecule has 0 atom stereocenters. The molecule has 0 spiro atoms. The van der Waals surface area contributed by atoms with Crippen LogP contribution in [-0.2, 0) is 16.2 Å². The number of allylic oxidation sites excluding steroid dienone is 4. The molecule has 0 bridgehead atoms. The third-order valence-corrected chi connectivity index (χ3v) is 9.66. The van der Waals surface area contributed by atoms with Crippen LogP contribution in [0, 0.1) is 0 Å². The molecule has 1 N–H and O–H groups in total. The molecule has 2 aromatic rings. The van der Waals surface area contributed by atoms with Gasteiger partial charge in [0.05, 0.1) is 16.7 Å². The quantitative estimate of drug-likeness (QED) is 0.334. The van der Waals surface area contributed by atoms with Crippen LogP contribution in [0.1, 0.15) is 109 Å². The molecule has 0 radical (unpaired) electrons. The van der Waals surface area contributed by atoms with E-state index in [-0.39, 0.29) is 10.8 Å². The van der Waals surface area contributed by atoms with E-state index in [0.717, 1.165) is 60.6 Å². The Morgan fingerprint density at radius 3 is 2.37 bits per heavy atom. The van der Waals surface area contributed by atoms with E-state index >= 15 is 0 Å². The number of carboxylic acid groups (broad SMARTS) is 1. The first-order valence-corrected chi connectivity index (χ1v) is 15.2.